The fraction of sp³-hybridized carbons (Fsp3) is 0.547. The number of ether oxygens (including phenoxy) is 3. The van der Waals surface area contributed by atoms with E-state index in [-0.39, 0.29) is 47.8 Å². The molecule has 486 valence electrons. The predicted octanol–water partition coefficient (Wildman–Crippen LogP) is 5.98. The van der Waals surface area contributed by atoms with E-state index in [2.05, 4.69) is 110 Å². The van der Waals surface area contributed by atoms with Crippen molar-refractivity contribution in [3.05, 3.63) is 169 Å². The first-order valence-electron chi connectivity index (χ1n) is 31.4. The number of aliphatic hydroxyl groups is 1. The summed E-state index contributed by atoms with van der Waals surface area (Å²) < 4.78 is 21.7. The van der Waals surface area contributed by atoms with Crippen molar-refractivity contribution in [2.24, 2.45) is 17.8 Å². The van der Waals surface area contributed by atoms with Crippen LogP contribution in [0.1, 0.15) is 154 Å². The second-order valence-corrected chi connectivity index (χ2v) is 24.4. The Bertz CT molecular complexity index is 3730. The number of halogens is 1. The monoisotopic (exact) mass is 1270 g/mol. The van der Waals surface area contributed by atoms with Crippen LogP contribution < -0.4 is 22.0 Å². The number of imidazole rings is 3. The Morgan fingerprint density at radius 1 is 0.484 bits per heavy atom. The van der Waals surface area contributed by atoms with Gasteiger partial charge in [0.15, 0.2) is 16.6 Å². The maximum atomic E-state index is 12.7. The first-order chi connectivity index (χ1) is 44.0. The van der Waals surface area contributed by atoms with Gasteiger partial charge in [-0.3, -0.25) is 24.2 Å². The maximum absolute atomic E-state index is 12.7. The van der Waals surface area contributed by atoms with Crippen molar-refractivity contribution < 1.29 is 19.3 Å². The summed E-state index contributed by atoms with van der Waals surface area (Å²) in [6, 6.07) is 14.1. The van der Waals surface area contributed by atoms with Gasteiger partial charge in [0.25, 0.3) is 16.7 Å². The molecule has 14 heterocycles. The number of aromatic amines is 3. The highest BCUT2D eigenvalue weighted by molar-refractivity contribution is 6.16. The first-order valence-corrected chi connectivity index (χ1v) is 32.0. The summed E-state index contributed by atoms with van der Waals surface area (Å²) >= 11 is 5.40. The largest absolute Gasteiger partial charge is 0.400 e. The van der Waals surface area contributed by atoms with E-state index in [9.17, 15) is 14.4 Å². The van der Waals surface area contributed by atoms with Crippen molar-refractivity contribution in [2.75, 3.05) is 86.0 Å². The van der Waals surface area contributed by atoms with E-state index in [4.69, 9.17) is 46.2 Å². The number of fused-ring (bicyclic) bond motifs is 3. The summed E-state index contributed by atoms with van der Waals surface area (Å²) in [5, 5.41) is 24.8. The number of aliphatic hydroxyl groups excluding tert-OH is 1. The van der Waals surface area contributed by atoms with Gasteiger partial charge in [-0.1, -0.05) is 58.5 Å². The molecule has 5 N–H and O–H groups in total. The second-order valence-electron chi connectivity index (χ2n) is 24.2. The van der Waals surface area contributed by atoms with E-state index in [1.54, 1.807) is 63.0 Å². The van der Waals surface area contributed by atoms with Crippen molar-refractivity contribution in [1.82, 2.24) is 93.8 Å². The molecule has 27 heteroatoms. The van der Waals surface area contributed by atoms with Crippen molar-refractivity contribution in [3.63, 3.8) is 0 Å². The van der Waals surface area contributed by atoms with Crippen molar-refractivity contribution in [1.29, 1.82) is 0 Å². The zero-order chi connectivity index (χ0) is 62.5. The van der Waals surface area contributed by atoms with Gasteiger partial charge in [-0.05, 0) is 80.5 Å². The zero-order valence-electron chi connectivity index (χ0n) is 51.6. The minimum absolute atomic E-state index is 0. The third-order valence-corrected chi connectivity index (χ3v) is 18.3. The molecule has 0 bridgehead atoms. The molecule has 91 heavy (non-hydrogen) atoms. The number of hydrogen-bond acceptors (Lipinski definition) is 20. The van der Waals surface area contributed by atoms with Crippen LogP contribution in [0.3, 0.4) is 0 Å². The number of hydrogen-bond donors (Lipinski definition) is 5. The SMILES string of the molecule is C.CC1CN(Cc2ccccc2)CC1c1nn2c(C3CCOCC3)ncc2c(=O)[nH]1.CC1CN(Cc2ncccn2)CC1c1nn2c(C3CCOCC3)ncc2c(=O)[nH]1.CC1CNCC1c1nn2c(C3CCOCC3)ncc2c(=O)[nH]1.CO.ClCc1ncccn1. The predicted molar refractivity (Wildman–Crippen MR) is 343 cm³/mol. The lowest BCUT2D eigenvalue weighted by molar-refractivity contribution is 0.0831. The number of alkyl halides is 1. The molecule has 15 rings (SSSR count). The Balaban J connectivity index is 0.000000139. The lowest BCUT2D eigenvalue weighted by atomic mass is 9.97. The van der Waals surface area contributed by atoms with Gasteiger partial charge < -0.3 is 39.6 Å². The molecule has 0 saturated carbocycles. The molecule has 6 saturated heterocycles. The molecule has 0 amide bonds. The molecule has 0 spiro atoms. The molecule has 0 radical (unpaired) electrons. The van der Waals surface area contributed by atoms with Crippen LogP contribution in [0.2, 0.25) is 0 Å². The van der Waals surface area contributed by atoms with Gasteiger partial charge in [0.1, 0.15) is 46.6 Å². The van der Waals surface area contributed by atoms with Crippen LogP contribution in [0, 0.1) is 17.8 Å². The molecule has 0 aliphatic carbocycles. The molecule has 6 unspecified atom stereocenters. The van der Waals surface area contributed by atoms with E-state index < -0.39 is 0 Å². The number of likely N-dealkylation sites (tertiary alicyclic amines) is 2. The van der Waals surface area contributed by atoms with E-state index in [1.165, 1.54) is 5.56 Å². The highest BCUT2D eigenvalue weighted by atomic mass is 35.5. The number of nitrogens with one attached hydrogen (secondary N) is 4. The van der Waals surface area contributed by atoms with Gasteiger partial charge in [-0.2, -0.15) is 15.3 Å². The van der Waals surface area contributed by atoms with Crippen molar-refractivity contribution in [2.45, 2.75) is 121 Å². The smallest absolute Gasteiger partial charge is 0.276 e. The topological polar surface area (TPSA) is 307 Å². The Morgan fingerprint density at radius 2 is 0.868 bits per heavy atom. The summed E-state index contributed by atoms with van der Waals surface area (Å²) in [6.07, 6.45) is 17.3. The summed E-state index contributed by atoms with van der Waals surface area (Å²) in [7, 11) is 1.00. The van der Waals surface area contributed by atoms with Gasteiger partial charge in [0, 0.05) is 146 Å². The standard InChI is InChI=1S/C22H27N5O2.C20H25N7O2.C15H21N5O2.C5H5ClN2.CH4O.CH4/c1-15-12-26(13-16-5-3-2-4-6-16)14-18(15)20-24-22(28)19-11-23-21(27(19)25-20)17-7-9-29-10-8-17;1-13-10-26(12-17-21-5-2-6-22-17)11-15(13)18-24-20(28)16-9-23-19(27(16)25-18)14-3-7-29-8-4-14;1-9-6-16-7-11(9)13-18-15(21)12-8-17-14(20(12)19-13)10-2-4-22-5-3-10;6-4-5-7-2-1-3-8-5;1-2;/h2-6,11,15,17-18H,7-10,12-14H2,1H3,(H,24,25,28);2,5-6,9,13-15H,3-4,7-8,10-12H2,1H3,(H,24,25,28);8-11,16H,2-7H2,1H3,(H,18,19,21);1-3H,4H2;2H,1H3;1H4. The molecule has 6 aliphatic rings. The van der Waals surface area contributed by atoms with Crippen LogP contribution in [0.15, 0.2) is 100 Å². The fourth-order valence-electron chi connectivity index (χ4n) is 13.1. The molecule has 8 aromatic heterocycles. The van der Waals surface area contributed by atoms with E-state index in [0.717, 1.165) is 172 Å². The van der Waals surface area contributed by atoms with Crippen molar-refractivity contribution >= 4 is 28.2 Å². The van der Waals surface area contributed by atoms with Gasteiger partial charge in [0.05, 0.1) is 31.0 Å². The highest BCUT2D eigenvalue weighted by Gasteiger charge is 2.36. The molecule has 6 aliphatic heterocycles. The second kappa shape index (κ2) is 31.6. The molecule has 6 fully saturated rings. The van der Waals surface area contributed by atoms with Crippen LogP contribution >= 0.6 is 11.6 Å². The Morgan fingerprint density at radius 3 is 1.24 bits per heavy atom. The lowest BCUT2D eigenvalue weighted by Gasteiger charge is -2.21. The Hall–Kier alpha value is -7.56. The fourth-order valence-corrected chi connectivity index (χ4v) is 13.3. The van der Waals surface area contributed by atoms with Crippen LogP contribution in [0.5, 0.6) is 0 Å². The van der Waals surface area contributed by atoms with Gasteiger partial charge in [-0.15, -0.1) is 11.6 Å². The van der Waals surface area contributed by atoms with Gasteiger partial charge in [-0.25, -0.2) is 48.4 Å². The number of nitrogens with zero attached hydrogens (tertiary/aromatic N) is 15. The zero-order valence-corrected chi connectivity index (χ0v) is 52.4. The minimum Gasteiger partial charge on any atom is -0.400 e. The van der Waals surface area contributed by atoms with E-state index in [1.807, 2.05) is 12.1 Å². The third-order valence-electron chi connectivity index (χ3n) is 18.0. The minimum atomic E-state index is -0.127. The number of benzene rings is 1. The molecule has 26 nitrogen and oxygen atoms in total. The normalized spacial score (nSPS) is 22.5. The van der Waals surface area contributed by atoms with Crippen molar-refractivity contribution in [3.8, 4) is 0 Å². The number of H-pyrrole nitrogens is 3. The summed E-state index contributed by atoms with van der Waals surface area (Å²) in [6.45, 7) is 18.1. The quantitative estimate of drug-likeness (QED) is 0.0930. The van der Waals surface area contributed by atoms with Gasteiger partial charge in [0.2, 0.25) is 0 Å². The maximum Gasteiger partial charge on any atom is 0.276 e. The van der Waals surface area contributed by atoms with Crippen LogP contribution in [-0.2, 0) is 33.2 Å². The third kappa shape index (κ3) is 15.9. The molecule has 9 aromatic rings. The average molecular weight is 1270 g/mol. The molecular formula is C64H86ClN19O7. The molecule has 1 aromatic carbocycles. The molecule has 6 atom stereocenters. The Kier molecular flexibility index (Phi) is 23.1. The summed E-state index contributed by atoms with van der Waals surface area (Å²) in [4.78, 5) is 81.5. The van der Waals surface area contributed by atoms with Crippen LogP contribution in [0.25, 0.3) is 16.6 Å². The summed E-state index contributed by atoms with van der Waals surface area (Å²) in [5.74, 6) is 9.58. The van der Waals surface area contributed by atoms with E-state index >= 15 is 0 Å². The first kappa shape index (κ1) is 66.4. The lowest BCUT2D eigenvalue weighted by Crippen LogP contribution is -2.24. The van der Waals surface area contributed by atoms with Gasteiger partial charge >= 0.3 is 0 Å². The average Bonchev–Trinajstić information content (AvgIpc) is 1.70. The van der Waals surface area contributed by atoms with E-state index in [0.29, 0.717) is 64.4 Å². The highest BCUT2D eigenvalue weighted by Crippen LogP contribution is 2.34. The molecular weight excluding hydrogens is 1180 g/mol. The summed E-state index contributed by atoms with van der Waals surface area (Å²) in [5.41, 5.74) is 2.55. The number of rotatable bonds is 11. The van der Waals surface area contributed by atoms with Crippen LogP contribution in [0.4, 0.5) is 0 Å². The number of aromatic nitrogens is 16. The Labute approximate surface area is 533 Å². The van der Waals surface area contributed by atoms with Crippen LogP contribution in [-0.4, -0.2) is 180 Å².